The number of ketones is 1. The largest absolute Gasteiger partial charge is 0.445 e. The molecule has 2 N–H and O–H groups in total. The zero-order chi connectivity index (χ0) is 20.5. The Morgan fingerprint density at radius 2 is 1.34 bits per heavy atom. The lowest BCUT2D eigenvalue weighted by atomic mass is 9.89. The number of benzene rings is 2. The van der Waals surface area contributed by atoms with E-state index in [0.717, 1.165) is 11.1 Å². The van der Waals surface area contributed by atoms with Crippen LogP contribution >= 0.6 is 0 Å². The Morgan fingerprint density at radius 3 is 1.90 bits per heavy atom. The van der Waals surface area contributed by atoms with E-state index in [0.29, 0.717) is 19.3 Å². The van der Waals surface area contributed by atoms with E-state index >= 15 is 0 Å². The van der Waals surface area contributed by atoms with Crippen molar-refractivity contribution in [3.63, 3.8) is 0 Å². The minimum atomic E-state index is -0.837. The van der Waals surface area contributed by atoms with Crippen molar-refractivity contribution in [2.24, 2.45) is 0 Å². The first-order valence-electron chi connectivity index (χ1n) is 9.59. The molecule has 152 valence electrons. The maximum Gasteiger partial charge on any atom is 0.408 e. The fourth-order valence-corrected chi connectivity index (χ4v) is 3.19. The molecule has 7 heteroatoms. The summed E-state index contributed by atoms with van der Waals surface area (Å²) in [7, 11) is 0. The smallest absolute Gasteiger partial charge is 0.408 e. The number of rotatable bonds is 6. The first-order chi connectivity index (χ1) is 14.1. The molecule has 0 bridgehead atoms. The zero-order valence-corrected chi connectivity index (χ0v) is 16.0. The average Bonchev–Trinajstić information content (AvgIpc) is 2.75. The predicted molar refractivity (Wildman–Crippen MR) is 106 cm³/mol. The van der Waals surface area contributed by atoms with Crippen molar-refractivity contribution in [3.8, 4) is 0 Å². The molecule has 3 rings (SSSR count). The third kappa shape index (κ3) is 6.34. The molecular formula is C22H24N2O5. The van der Waals surface area contributed by atoms with Crippen LogP contribution in [0.2, 0.25) is 0 Å². The summed E-state index contributed by atoms with van der Waals surface area (Å²) in [6, 6.07) is 17.2. The molecule has 2 aromatic rings. The van der Waals surface area contributed by atoms with Gasteiger partial charge in [0, 0.05) is 6.42 Å². The van der Waals surface area contributed by atoms with Crippen molar-refractivity contribution in [1.82, 2.24) is 10.6 Å². The van der Waals surface area contributed by atoms with E-state index < -0.39 is 24.3 Å². The van der Waals surface area contributed by atoms with Crippen LogP contribution in [-0.4, -0.2) is 30.1 Å². The van der Waals surface area contributed by atoms with Crippen molar-refractivity contribution >= 4 is 18.0 Å². The molecule has 7 nitrogen and oxygen atoms in total. The number of hydrogen-bond acceptors (Lipinski definition) is 5. The lowest BCUT2D eigenvalue weighted by Gasteiger charge is -2.30. The van der Waals surface area contributed by atoms with Crippen LogP contribution < -0.4 is 10.6 Å². The van der Waals surface area contributed by atoms with Crippen LogP contribution in [0.4, 0.5) is 9.59 Å². The van der Waals surface area contributed by atoms with Gasteiger partial charge in [0.2, 0.25) is 0 Å². The SMILES string of the molecule is O=C(NC1C(=O)CCC[C@H]1NC(=O)OCc1ccccc1)OCc1ccccc1. The minimum Gasteiger partial charge on any atom is -0.445 e. The first-order valence-corrected chi connectivity index (χ1v) is 9.59. The fourth-order valence-electron chi connectivity index (χ4n) is 3.19. The van der Waals surface area contributed by atoms with E-state index in [1.54, 1.807) is 0 Å². The van der Waals surface area contributed by atoms with E-state index in [-0.39, 0.29) is 19.0 Å². The van der Waals surface area contributed by atoms with Crippen LogP contribution in [0.25, 0.3) is 0 Å². The van der Waals surface area contributed by atoms with Crippen molar-refractivity contribution in [3.05, 3.63) is 71.8 Å². The number of carbonyl (C=O) groups excluding carboxylic acids is 3. The highest BCUT2D eigenvalue weighted by Crippen LogP contribution is 2.17. The Kier molecular flexibility index (Phi) is 7.22. The second-order valence-electron chi connectivity index (χ2n) is 6.85. The molecule has 0 spiro atoms. The minimum absolute atomic E-state index is 0.102. The van der Waals surface area contributed by atoms with Crippen LogP contribution in [-0.2, 0) is 27.5 Å². The molecule has 0 aliphatic heterocycles. The van der Waals surface area contributed by atoms with E-state index in [1.807, 2.05) is 60.7 Å². The maximum absolute atomic E-state index is 12.3. The Bertz CT molecular complexity index is 826. The van der Waals surface area contributed by atoms with Gasteiger partial charge in [0.25, 0.3) is 0 Å². The van der Waals surface area contributed by atoms with E-state index in [2.05, 4.69) is 10.6 Å². The summed E-state index contributed by atoms with van der Waals surface area (Å²) in [5, 5.41) is 5.28. The van der Waals surface area contributed by atoms with Crippen molar-refractivity contribution < 1.29 is 23.9 Å². The topological polar surface area (TPSA) is 93.7 Å². The van der Waals surface area contributed by atoms with Crippen LogP contribution in [0.15, 0.2) is 60.7 Å². The number of hydrogen-bond donors (Lipinski definition) is 2. The summed E-state index contributed by atoms with van der Waals surface area (Å²) < 4.78 is 10.4. The summed E-state index contributed by atoms with van der Waals surface area (Å²) in [6.07, 6.45) is 0.229. The number of carbonyl (C=O) groups is 3. The van der Waals surface area contributed by atoms with Gasteiger partial charge < -0.3 is 20.1 Å². The van der Waals surface area contributed by atoms with Crippen LogP contribution in [0.3, 0.4) is 0 Å². The lowest BCUT2D eigenvalue weighted by Crippen LogP contribution is -2.57. The molecule has 1 unspecified atom stereocenters. The molecule has 2 atom stereocenters. The molecule has 1 aliphatic carbocycles. The van der Waals surface area contributed by atoms with Gasteiger partial charge in [-0.15, -0.1) is 0 Å². The highest BCUT2D eigenvalue weighted by molar-refractivity contribution is 5.89. The van der Waals surface area contributed by atoms with Crippen molar-refractivity contribution in [1.29, 1.82) is 0 Å². The number of Topliss-reactive ketones (excluding diaryl/α,β-unsaturated/α-hetero) is 1. The third-order valence-electron chi connectivity index (χ3n) is 4.69. The molecular weight excluding hydrogens is 372 g/mol. The molecule has 0 saturated heterocycles. The van der Waals surface area contributed by atoms with Crippen LogP contribution in [0, 0.1) is 0 Å². The molecule has 0 radical (unpaired) electrons. The Balaban J connectivity index is 1.50. The van der Waals surface area contributed by atoms with E-state index in [4.69, 9.17) is 9.47 Å². The molecule has 1 aliphatic rings. The van der Waals surface area contributed by atoms with Gasteiger partial charge in [-0.1, -0.05) is 60.7 Å². The van der Waals surface area contributed by atoms with Crippen molar-refractivity contribution in [2.75, 3.05) is 0 Å². The molecule has 1 saturated carbocycles. The average molecular weight is 396 g/mol. The summed E-state index contributed by atoms with van der Waals surface area (Å²) in [5.41, 5.74) is 1.71. The molecule has 0 aromatic heterocycles. The highest BCUT2D eigenvalue weighted by atomic mass is 16.6. The molecule has 0 heterocycles. The van der Waals surface area contributed by atoms with Gasteiger partial charge in [0.05, 0.1) is 6.04 Å². The lowest BCUT2D eigenvalue weighted by molar-refractivity contribution is -0.123. The van der Waals surface area contributed by atoms with Gasteiger partial charge in [0.15, 0.2) is 5.78 Å². The Morgan fingerprint density at radius 1 is 0.828 bits per heavy atom. The number of ether oxygens (including phenoxy) is 2. The summed E-state index contributed by atoms with van der Waals surface area (Å²) in [4.78, 5) is 36.6. The number of alkyl carbamates (subject to hydrolysis) is 2. The molecule has 29 heavy (non-hydrogen) atoms. The maximum atomic E-state index is 12.3. The van der Waals surface area contributed by atoms with Crippen molar-refractivity contribution in [2.45, 2.75) is 44.6 Å². The van der Waals surface area contributed by atoms with Gasteiger partial charge in [-0.25, -0.2) is 9.59 Å². The fraction of sp³-hybridized carbons (Fsp3) is 0.318. The summed E-state index contributed by atoms with van der Waals surface area (Å²) in [5.74, 6) is -0.138. The first kappa shape index (κ1) is 20.4. The molecule has 1 fully saturated rings. The molecule has 2 aromatic carbocycles. The van der Waals surface area contributed by atoms with Crippen LogP contribution in [0.5, 0.6) is 0 Å². The normalized spacial score (nSPS) is 18.6. The van der Waals surface area contributed by atoms with Gasteiger partial charge in [-0.3, -0.25) is 4.79 Å². The second kappa shape index (κ2) is 10.3. The van der Waals surface area contributed by atoms with Gasteiger partial charge >= 0.3 is 12.2 Å². The van der Waals surface area contributed by atoms with E-state index in [9.17, 15) is 14.4 Å². The summed E-state index contributed by atoms with van der Waals surface area (Å²) >= 11 is 0. The van der Waals surface area contributed by atoms with E-state index in [1.165, 1.54) is 0 Å². The summed E-state index contributed by atoms with van der Waals surface area (Å²) in [6.45, 7) is 0.231. The number of nitrogens with one attached hydrogen (secondary N) is 2. The standard InChI is InChI=1S/C22H24N2O5/c25-19-13-7-12-18(23-21(26)28-14-16-8-3-1-4-9-16)20(19)24-22(27)29-15-17-10-5-2-6-11-17/h1-6,8-11,18,20H,7,12-15H2,(H,23,26)(H,24,27)/t18-,20?/m1/s1. The second-order valence-corrected chi connectivity index (χ2v) is 6.85. The zero-order valence-electron chi connectivity index (χ0n) is 16.0. The van der Waals surface area contributed by atoms with Crippen LogP contribution in [0.1, 0.15) is 30.4 Å². The van der Waals surface area contributed by atoms with Gasteiger partial charge in [-0.05, 0) is 24.0 Å². The highest BCUT2D eigenvalue weighted by Gasteiger charge is 2.34. The Labute approximate surface area is 169 Å². The van der Waals surface area contributed by atoms with Gasteiger partial charge in [0.1, 0.15) is 19.3 Å². The third-order valence-corrected chi connectivity index (χ3v) is 4.69. The molecule has 2 amide bonds. The van der Waals surface area contributed by atoms with Gasteiger partial charge in [-0.2, -0.15) is 0 Å². The Hall–Kier alpha value is -3.35. The number of amides is 2. The monoisotopic (exact) mass is 396 g/mol. The quantitative estimate of drug-likeness (QED) is 0.781. The predicted octanol–water partition coefficient (Wildman–Crippen LogP) is 3.33.